The summed E-state index contributed by atoms with van der Waals surface area (Å²) in [4.78, 5) is 6.60. The van der Waals surface area contributed by atoms with E-state index in [0.717, 1.165) is 12.1 Å². The maximum atomic E-state index is 13.3. The predicted molar refractivity (Wildman–Crippen MR) is 55.3 cm³/mol. The third-order valence-electron chi connectivity index (χ3n) is 1.95. The van der Waals surface area contributed by atoms with E-state index in [9.17, 15) is 13.2 Å². The molecule has 1 heterocycles. The first-order valence-electron chi connectivity index (χ1n) is 4.29. The number of benzene rings is 1. The highest BCUT2D eigenvalue weighted by atomic mass is 79.9. The van der Waals surface area contributed by atoms with Crippen LogP contribution < -0.4 is 4.74 Å². The molecule has 0 aliphatic rings. The van der Waals surface area contributed by atoms with Gasteiger partial charge in [0.15, 0.2) is 11.6 Å². The van der Waals surface area contributed by atoms with Gasteiger partial charge in [-0.3, -0.25) is 0 Å². The van der Waals surface area contributed by atoms with Gasteiger partial charge in [0.1, 0.15) is 16.9 Å². The summed E-state index contributed by atoms with van der Waals surface area (Å²) in [6, 6.07) is 2.18. The number of alkyl halides is 3. The van der Waals surface area contributed by atoms with Crippen molar-refractivity contribution in [3.63, 3.8) is 0 Å². The molecule has 0 aliphatic carbocycles. The minimum atomic E-state index is -2.95. The van der Waals surface area contributed by atoms with Gasteiger partial charge in [0.25, 0.3) is 0 Å². The molecular formula is C9H6BrF3N2O. The zero-order valence-electron chi connectivity index (χ0n) is 7.81. The summed E-state index contributed by atoms with van der Waals surface area (Å²) >= 11 is 3.13. The van der Waals surface area contributed by atoms with E-state index in [1.165, 1.54) is 0 Å². The molecule has 0 bridgehead atoms. The second-order valence-electron chi connectivity index (χ2n) is 2.96. The van der Waals surface area contributed by atoms with Gasteiger partial charge >= 0.3 is 6.61 Å². The van der Waals surface area contributed by atoms with E-state index >= 15 is 0 Å². The van der Waals surface area contributed by atoms with E-state index in [2.05, 4.69) is 30.6 Å². The summed E-state index contributed by atoms with van der Waals surface area (Å²) in [6.45, 7) is -2.95. The van der Waals surface area contributed by atoms with Gasteiger partial charge in [0.05, 0.1) is 5.33 Å². The molecule has 1 aromatic carbocycles. The Kier molecular flexibility index (Phi) is 3.04. The zero-order chi connectivity index (χ0) is 11.7. The molecule has 0 amide bonds. The van der Waals surface area contributed by atoms with E-state index in [-0.39, 0.29) is 16.8 Å². The predicted octanol–water partition coefficient (Wildman–Crippen LogP) is 3.20. The summed E-state index contributed by atoms with van der Waals surface area (Å²) < 4.78 is 41.7. The molecule has 0 saturated carbocycles. The zero-order valence-corrected chi connectivity index (χ0v) is 9.39. The lowest BCUT2D eigenvalue weighted by molar-refractivity contribution is -0.0489. The average molecular weight is 295 g/mol. The summed E-state index contributed by atoms with van der Waals surface area (Å²) in [7, 11) is 0. The van der Waals surface area contributed by atoms with Gasteiger partial charge < -0.3 is 9.72 Å². The van der Waals surface area contributed by atoms with Crippen LogP contribution >= 0.6 is 15.9 Å². The molecule has 2 aromatic rings. The largest absolute Gasteiger partial charge is 0.433 e. The summed E-state index contributed by atoms with van der Waals surface area (Å²) in [5.41, 5.74) is 0.127. The summed E-state index contributed by atoms with van der Waals surface area (Å²) in [5.74, 6) is -0.259. The van der Waals surface area contributed by atoms with Crippen molar-refractivity contribution in [3.8, 4) is 5.75 Å². The van der Waals surface area contributed by atoms with Crippen LogP contribution in [-0.4, -0.2) is 16.6 Å². The van der Waals surface area contributed by atoms with Crippen LogP contribution in [0.15, 0.2) is 12.1 Å². The molecule has 7 heteroatoms. The molecule has 1 N–H and O–H groups in total. The average Bonchev–Trinajstić information content (AvgIpc) is 2.66. The van der Waals surface area contributed by atoms with Crippen LogP contribution in [0.25, 0.3) is 11.0 Å². The second kappa shape index (κ2) is 4.32. The molecular weight excluding hydrogens is 289 g/mol. The first-order chi connectivity index (χ1) is 7.61. The topological polar surface area (TPSA) is 37.9 Å². The first kappa shape index (κ1) is 11.3. The Hall–Kier alpha value is -1.24. The highest BCUT2D eigenvalue weighted by molar-refractivity contribution is 9.08. The van der Waals surface area contributed by atoms with Crippen molar-refractivity contribution >= 4 is 27.0 Å². The molecule has 1 aromatic heterocycles. The second-order valence-corrected chi connectivity index (χ2v) is 3.53. The molecule has 16 heavy (non-hydrogen) atoms. The number of imidazole rings is 1. The molecule has 0 aliphatic heterocycles. The van der Waals surface area contributed by atoms with Gasteiger partial charge in [-0.2, -0.15) is 8.78 Å². The van der Waals surface area contributed by atoms with Crippen LogP contribution in [0.3, 0.4) is 0 Å². The lowest BCUT2D eigenvalue weighted by Crippen LogP contribution is -2.02. The van der Waals surface area contributed by atoms with Gasteiger partial charge in [-0.15, -0.1) is 0 Å². The standard InChI is InChI=1S/C9H6BrF3N2O/c10-3-6-14-7-4(11)1-2-5(8(7)15-6)16-9(12)13/h1-2,9H,3H2,(H,14,15). The minimum absolute atomic E-state index is 0.00685. The Morgan fingerprint density at radius 2 is 2.19 bits per heavy atom. The fraction of sp³-hybridized carbons (Fsp3) is 0.222. The maximum absolute atomic E-state index is 13.3. The van der Waals surface area contributed by atoms with Crippen LogP contribution in [0.4, 0.5) is 13.2 Å². The number of rotatable bonds is 3. The molecule has 0 radical (unpaired) electrons. The number of nitrogens with zero attached hydrogens (tertiary/aromatic N) is 1. The van der Waals surface area contributed by atoms with Crippen LogP contribution in [0.2, 0.25) is 0 Å². The SMILES string of the molecule is Fc1ccc(OC(F)F)c2[nH]c(CBr)nc12. The Bertz CT molecular complexity index is 515. The summed E-state index contributed by atoms with van der Waals surface area (Å²) in [5, 5.41) is 0.370. The molecule has 0 atom stereocenters. The van der Waals surface area contributed by atoms with Crippen molar-refractivity contribution in [2.24, 2.45) is 0 Å². The van der Waals surface area contributed by atoms with Crippen LogP contribution in [-0.2, 0) is 5.33 Å². The van der Waals surface area contributed by atoms with E-state index < -0.39 is 12.4 Å². The van der Waals surface area contributed by atoms with Crippen LogP contribution in [0.5, 0.6) is 5.75 Å². The molecule has 86 valence electrons. The van der Waals surface area contributed by atoms with Gasteiger partial charge in [-0.05, 0) is 12.1 Å². The van der Waals surface area contributed by atoms with Crippen LogP contribution in [0.1, 0.15) is 5.82 Å². The Labute approximate surface area is 96.7 Å². The van der Waals surface area contributed by atoms with Gasteiger partial charge in [-0.1, -0.05) is 15.9 Å². The number of aromatic nitrogens is 2. The third kappa shape index (κ3) is 1.99. The van der Waals surface area contributed by atoms with Gasteiger partial charge in [0.2, 0.25) is 0 Å². The molecule has 2 rings (SSSR count). The fourth-order valence-corrected chi connectivity index (χ4v) is 1.61. The van der Waals surface area contributed by atoms with Crippen molar-refractivity contribution in [1.82, 2.24) is 9.97 Å². The number of hydrogen-bond donors (Lipinski definition) is 1. The number of hydrogen-bond acceptors (Lipinski definition) is 2. The molecule has 0 unspecified atom stereocenters. The Morgan fingerprint density at radius 1 is 1.44 bits per heavy atom. The van der Waals surface area contributed by atoms with E-state index in [1.54, 1.807) is 0 Å². The van der Waals surface area contributed by atoms with Crippen molar-refractivity contribution in [1.29, 1.82) is 0 Å². The number of nitrogens with one attached hydrogen (secondary N) is 1. The normalized spacial score (nSPS) is 11.3. The highest BCUT2D eigenvalue weighted by Gasteiger charge is 2.14. The lowest BCUT2D eigenvalue weighted by Gasteiger charge is -2.04. The smallest absolute Gasteiger partial charge is 0.387 e. The minimum Gasteiger partial charge on any atom is -0.433 e. The number of fused-ring (bicyclic) bond motifs is 1. The highest BCUT2D eigenvalue weighted by Crippen LogP contribution is 2.27. The molecule has 0 fully saturated rings. The Balaban J connectivity index is 2.58. The number of halogens is 4. The van der Waals surface area contributed by atoms with E-state index in [0.29, 0.717) is 11.2 Å². The van der Waals surface area contributed by atoms with Gasteiger partial charge in [-0.25, -0.2) is 9.37 Å². The monoisotopic (exact) mass is 294 g/mol. The fourth-order valence-electron chi connectivity index (χ4n) is 1.34. The first-order valence-corrected chi connectivity index (χ1v) is 5.42. The third-order valence-corrected chi connectivity index (χ3v) is 2.48. The molecule has 3 nitrogen and oxygen atoms in total. The van der Waals surface area contributed by atoms with Crippen molar-refractivity contribution in [2.45, 2.75) is 11.9 Å². The van der Waals surface area contributed by atoms with Crippen LogP contribution in [0, 0.1) is 5.82 Å². The Morgan fingerprint density at radius 3 is 2.81 bits per heavy atom. The maximum Gasteiger partial charge on any atom is 0.387 e. The summed E-state index contributed by atoms with van der Waals surface area (Å²) in [6.07, 6.45) is 0. The number of ether oxygens (including phenoxy) is 1. The lowest BCUT2D eigenvalue weighted by atomic mass is 10.3. The van der Waals surface area contributed by atoms with Gasteiger partial charge in [0, 0.05) is 0 Å². The van der Waals surface area contributed by atoms with Crippen molar-refractivity contribution < 1.29 is 17.9 Å². The number of H-pyrrole nitrogens is 1. The van der Waals surface area contributed by atoms with Crippen molar-refractivity contribution in [3.05, 3.63) is 23.8 Å². The quantitative estimate of drug-likeness (QED) is 0.883. The molecule has 0 saturated heterocycles. The van der Waals surface area contributed by atoms with Crippen molar-refractivity contribution in [2.75, 3.05) is 0 Å². The van der Waals surface area contributed by atoms with E-state index in [4.69, 9.17) is 0 Å². The van der Waals surface area contributed by atoms with E-state index in [1.807, 2.05) is 0 Å². The number of aromatic amines is 1. The molecule has 0 spiro atoms.